The maximum atomic E-state index is 13.0. The summed E-state index contributed by atoms with van der Waals surface area (Å²) in [6.07, 6.45) is 3.04. The molecular weight excluding hydrogens is 488 g/mol. The predicted molar refractivity (Wildman–Crippen MR) is 142 cm³/mol. The van der Waals surface area contributed by atoms with Crippen LogP contribution >= 0.6 is 0 Å². The molecule has 0 N–H and O–H groups in total. The van der Waals surface area contributed by atoms with Crippen molar-refractivity contribution in [3.8, 4) is 17.1 Å². The average molecular weight is 515 g/mol. The van der Waals surface area contributed by atoms with Gasteiger partial charge in [-0.3, -0.25) is 10.1 Å². The Balaban J connectivity index is 1.47. The SMILES string of the molecule is CCOC(=O)c1c(-c2ccccc2)oc2ccc(OC(=O)c3ccc(N4CCCCC4)c([N+](=O)[O-])c3)cc12. The van der Waals surface area contributed by atoms with E-state index in [1.165, 1.54) is 18.2 Å². The van der Waals surface area contributed by atoms with E-state index in [0.29, 0.717) is 28.0 Å². The summed E-state index contributed by atoms with van der Waals surface area (Å²) < 4.78 is 16.8. The van der Waals surface area contributed by atoms with E-state index in [2.05, 4.69) is 0 Å². The highest BCUT2D eigenvalue weighted by atomic mass is 16.6. The molecule has 9 heteroatoms. The summed E-state index contributed by atoms with van der Waals surface area (Å²) in [5.74, 6) is -0.790. The van der Waals surface area contributed by atoms with E-state index in [4.69, 9.17) is 13.9 Å². The van der Waals surface area contributed by atoms with Gasteiger partial charge in [-0.15, -0.1) is 0 Å². The smallest absolute Gasteiger partial charge is 0.343 e. The molecule has 0 bridgehead atoms. The first-order valence-corrected chi connectivity index (χ1v) is 12.5. The maximum Gasteiger partial charge on any atom is 0.343 e. The number of rotatable bonds is 7. The number of nitrogens with zero attached hydrogens (tertiary/aromatic N) is 2. The zero-order valence-corrected chi connectivity index (χ0v) is 20.8. The van der Waals surface area contributed by atoms with Gasteiger partial charge >= 0.3 is 11.9 Å². The molecule has 1 aliphatic heterocycles. The highest BCUT2D eigenvalue weighted by Crippen LogP contribution is 2.37. The van der Waals surface area contributed by atoms with Gasteiger partial charge < -0.3 is 18.8 Å². The van der Waals surface area contributed by atoms with Crippen molar-refractivity contribution in [2.45, 2.75) is 26.2 Å². The van der Waals surface area contributed by atoms with Gasteiger partial charge in [0, 0.05) is 30.1 Å². The van der Waals surface area contributed by atoms with Crippen molar-refractivity contribution in [2.75, 3.05) is 24.6 Å². The minimum Gasteiger partial charge on any atom is -0.462 e. The topological polar surface area (TPSA) is 112 Å². The van der Waals surface area contributed by atoms with Crippen LogP contribution in [0.4, 0.5) is 11.4 Å². The van der Waals surface area contributed by atoms with Gasteiger partial charge in [-0.05, 0) is 56.5 Å². The van der Waals surface area contributed by atoms with Gasteiger partial charge in [-0.1, -0.05) is 30.3 Å². The fourth-order valence-corrected chi connectivity index (χ4v) is 4.70. The van der Waals surface area contributed by atoms with Crippen molar-refractivity contribution in [1.29, 1.82) is 0 Å². The number of furan rings is 1. The van der Waals surface area contributed by atoms with Crippen LogP contribution in [0.1, 0.15) is 46.9 Å². The minimum absolute atomic E-state index is 0.0559. The lowest BCUT2D eigenvalue weighted by atomic mass is 10.1. The van der Waals surface area contributed by atoms with Crippen LogP contribution < -0.4 is 9.64 Å². The van der Waals surface area contributed by atoms with Gasteiger partial charge in [0.05, 0.1) is 17.1 Å². The summed E-state index contributed by atoms with van der Waals surface area (Å²) in [7, 11) is 0. The Bertz CT molecular complexity index is 1500. The molecule has 9 nitrogen and oxygen atoms in total. The number of esters is 2. The van der Waals surface area contributed by atoms with Crippen molar-refractivity contribution >= 4 is 34.3 Å². The Morgan fingerprint density at radius 1 is 0.974 bits per heavy atom. The number of hydrogen-bond acceptors (Lipinski definition) is 8. The lowest BCUT2D eigenvalue weighted by molar-refractivity contribution is -0.384. The average Bonchev–Trinajstić information content (AvgIpc) is 3.33. The lowest BCUT2D eigenvalue weighted by Crippen LogP contribution is -2.30. The fraction of sp³-hybridized carbons (Fsp3) is 0.241. The van der Waals surface area contributed by atoms with E-state index in [0.717, 1.165) is 32.4 Å². The summed E-state index contributed by atoms with van der Waals surface area (Å²) >= 11 is 0. The molecule has 0 amide bonds. The number of carbonyl (C=O) groups is 2. The highest BCUT2D eigenvalue weighted by Gasteiger charge is 2.26. The van der Waals surface area contributed by atoms with Crippen LogP contribution in [-0.4, -0.2) is 36.6 Å². The van der Waals surface area contributed by atoms with Crippen LogP contribution in [0.3, 0.4) is 0 Å². The Kier molecular flexibility index (Phi) is 7.08. The first-order chi connectivity index (χ1) is 18.5. The van der Waals surface area contributed by atoms with Crippen LogP contribution in [0.2, 0.25) is 0 Å². The Hall–Kier alpha value is -4.66. The van der Waals surface area contributed by atoms with Gasteiger partial charge in [0.2, 0.25) is 0 Å². The predicted octanol–water partition coefficient (Wildman–Crippen LogP) is 6.39. The van der Waals surface area contributed by atoms with Gasteiger partial charge in [0.15, 0.2) is 0 Å². The largest absolute Gasteiger partial charge is 0.462 e. The van der Waals surface area contributed by atoms with Crippen LogP contribution in [0.25, 0.3) is 22.3 Å². The molecule has 38 heavy (non-hydrogen) atoms. The van der Waals surface area contributed by atoms with Crippen molar-refractivity contribution in [3.05, 3.63) is 88.0 Å². The molecule has 2 heterocycles. The number of hydrogen-bond donors (Lipinski definition) is 0. The number of nitro benzene ring substituents is 1. The van der Waals surface area contributed by atoms with Crippen LogP contribution in [0.15, 0.2) is 71.1 Å². The monoisotopic (exact) mass is 514 g/mol. The van der Waals surface area contributed by atoms with Crippen molar-refractivity contribution in [2.24, 2.45) is 0 Å². The second-order valence-corrected chi connectivity index (χ2v) is 8.95. The molecule has 3 aromatic carbocycles. The van der Waals surface area contributed by atoms with Gasteiger partial charge in [0.1, 0.15) is 28.3 Å². The number of fused-ring (bicyclic) bond motifs is 1. The third kappa shape index (κ3) is 4.95. The number of benzene rings is 3. The number of nitro groups is 1. The molecule has 194 valence electrons. The highest BCUT2D eigenvalue weighted by molar-refractivity contribution is 6.09. The Morgan fingerprint density at radius 2 is 1.74 bits per heavy atom. The van der Waals surface area contributed by atoms with Gasteiger partial charge in [-0.25, -0.2) is 9.59 Å². The summed E-state index contributed by atoms with van der Waals surface area (Å²) in [6.45, 7) is 3.37. The number of ether oxygens (including phenoxy) is 2. The van der Waals surface area contributed by atoms with E-state index in [-0.39, 0.29) is 29.2 Å². The van der Waals surface area contributed by atoms with E-state index < -0.39 is 16.9 Å². The van der Waals surface area contributed by atoms with E-state index in [1.807, 2.05) is 35.2 Å². The number of carbonyl (C=O) groups excluding carboxylic acids is 2. The standard InChI is InChI=1S/C29H26N2O7/c1-2-36-29(33)26-22-18-21(12-14-25(22)38-27(26)19-9-5-3-6-10-19)37-28(32)20-11-13-23(24(17-20)31(34)35)30-15-7-4-8-16-30/h3,5-6,9-14,17-18H,2,4,7-8,15-16H2,1H3. The maximum absolute atomic E-state index is 13.0. The summed E-state index contributed by atoms with van der Waals surface area (Å²) in [5.41, 5.74) is 1.77. The molecule has 0 aliphatic carbocycles. The summed E-state index contributed by atoms with van der Waals surface area (Å²) in [5, 5.41) is 12.2. The zero-order chi connectivity index (χ0) is 26.6. The fourth-order valence-electron chi connectivity index (χ4n) is 4.70. The number of anilines is 1. The van der Waals surface area contributed by atoms with Crippen molar-refractivity contribution < 1.29 is 28.4 Å². The first-order valence-electron chi connectivity index (χ1n) is 12.5. The van der Waals surface area contributed by atoms with E-state index in [9.17, 15) is 19.7 Å². The zero-order valence-electron chi connectivity index (χ0n) is 20.8. The summed E-state index contributed by atoms with van der Waals surface area (Å²) in [6, 6.07) is 18.2. The molecule has 1 aromatic heterocycles. The number of piperidine rings is 1. The Morgan fingerprint density at radius 3 is 2.45 bits per heavy atom. The molecule has 0 atom stereocenters. The van der Waals surface area contributed by atoms with Crippen LogP contribution in [0.5, 0.6) is 5.75 Å². The molecule has 0 radical (unpaired) electrons. The quantitative estimate of drug-likeness (QED) is 0.121. The van der Waals surface area contributed by atoms with Crippen LogP contribution in [-0.2, 0) is 4.74 Å². The van der Waals surface area contributed by atoms with Gasteiger partial charge in [-0.2, -0.15) is 0 Å². The lowest BCUT2D eigenvalue weighted by Gasteiger charge is -2.28. The molecule has 4 aromatic rings. The molecule has 1 saturated heterocycles. The van der Waals surface area contributed by atoms with E-state index >= 15 is 0 Å². The van der Waals surface area contributed by atoms with Crippen molar-refractivity contribution in [3.63, 3.8) is 0 Å². The second-order valence-electron chi connectivity index (χ2n) is 8.95. The molecule has 0 saturated carbocycles. The normalized spacial score (nSPS) is 13.3. The van der Waals surface area contributed by atoms with Crippen molar-refractivity contribution in [1.82, 2.24) is 0 Å². The molecule has 0 spiro atoms. The van der Waals surface area contributed by atoms with Gasteiger partial charge in [0.25, 0.3) is 5.69 Å². The Labute approximate surface area is 218 Å². The second kappa shape index (κ2) is 10.8. The minimum atomic E-state index is -0.748. The molecule has 5 rings (SSSR count). The molecule has 1 aliphatic rings. The summed E-state index contributed by atoms with van der Waals surface area (Å²) in [4.78, 5) is 39.2. The molecular formula is C29H26N2O7. The molecule has 0 unspecified atom stereocenters. The third-order valence-corrected chi connectivity index (χ3v) is 6.49. The molecule has 1 fully saturated rings. The van der Waals surface area contributed by atoms with Crippen LogP contribution in [0, 0.1) is 10.1 Å². The third-order valence-electron chi connectivity index (χ3n) is 6.49. The first kappa shape index (κ1) is 25.0. The van der Waals surface area contributed by atoms with E-state index in [1.54, 1.807) is 25.1 Å².